The second kappa shape index (κ2) is 7.98. The van der Waals surface area contributed by atoms with Crippen LogP contribution >= 0.6 is 0 Å². The fourth-order valence-electron chi connectivity index (χ4n) is 2.39. The number of benzene rings is 2. The minimum Gasteiger partial charge on any atom is -0.497 e. The number of hydrogen-bond acceptors (Lipinski definition) is 4. The Morgan fingerprint density at radius 1 is 1.08 bits per heavy atom. The predicted octanol–water partition coefficient (Wildman–Crippen LogP) is 2.78. The molecule has 7 heteroatoms. The third-order valence-corrected chi connectivity index (χ3v) is 3.62. The Morgan fingerprint density at radius 3 is 2.58 bits per heavy atom. The molecule has 2 aromatic carbocycles. The summed E-state index contributed by atoms with van der Waals surface area (Å²) >= 11 is 0. The lowest BCUT2D eigenvalue weighted by molar-refractivity contribution is -0.116. The van der Waals surface area contributed by atoms with E-state index >= 15 is 0 Å². The molecular formula is C19H18N4O3. The number of nitrogens with one attached hydrogen (secondary N) is 2. The molecule has 0 radical (unpaired) electrons. The van der Waals surface area contributed by atoms with E-state index in [1.165, 1.54) is 0 Å². The van der Waals surface area contributed by atoms with Gasteiger partial charge in [0.25, 0.3) is 5.91 Å². The average molecular weight is 350 g/mol. The van der Waals surface area contributed by atoms with Gasteiger partial charge in [-0.1, -0.05) is 12.1 Å². The van der Waals surface area contributed by atoms with E-state index < -0.39 is 0 Å². The maximum atomic E-state index is 12.4. The first-order chi connectivity index (χ1) is 12.6. The number of hydrogen-bond donors (Lipinski definition) is 2. The fourth-order valence-corrected chi connectivity index (χ4v) is 2.39. The van der Waals surface area contributed by atoms with Crippen molar-refractivity contribution in [1.82, 2.24) is 9.55 Å². The lowest BCUT2D eigenvalue weighted by Gasteiger charge is -2.09. The summed E-state index contributed by atoms with van der Waals surface area (Å²) in [4.78, 5) is 28.4. The molecule has 2 N–H and O–H groups in total. The number of methoxy groups -OCH3 is 1. The lowest BCUT2D eigenvalue weighted by atomic mass is 10.1. The smallest absolute Gasteiger partial charge is 0.255 e. The minimum absolute atomic E-state index is 0.153. The Bertz CT molecular complexity index is 907. The number of rotatable bonds is 6. The van der Waals surface area contributed by atoms with Crippen molar-refractivity contribution in [2.45, 2.75) is 6.54 Å². The van der Waals surface area contributed by atoms with Crippen LogP contribution in [-0.2, 0) is 11.3 Å². The molecule has 3 aromatic rings. The first-order valence-electron chi connectivity index (χ1n) is 7.95. The number of amides is 2. The zero-order valence-corrected chi connectivity index (χ0v) is 14.2. The van der Waals surface area contributed by atoms with Crippen molar-refractivity contribution in [2.75, 3.05) is 17.7 Å². The molecule has 3 rings (SSSR count). The molecule has 1 heterocycles. The van der Waals surface area contributed by atoms with E-state index in [2.05, 4.69) is 15.6 Å². The fraction of sp³-hybridized carbons (Fsp3) is 0.105. The standard InChI is InChI=1S/C19H18N4O3/c1-26-17-7-3-6-16(11-17)22-19(25)14-4-2-5-15(10-14)21-18(24)12-23-9-8-20-13-23/h2-11,13H,12H2,1H3,(H,21,24)(H,22,25). The van der Waals surface area contributed by atoms with Gasteiger partial charge in [-0.05, 0) is 30.3 Å². The molecule has 1 aromatic heterocycles. The summed E-state index contributed by atoms with van der Waals surface area (Å²) in [6.45, 7) is 0.153. The number of carbonyl (C=O) groups excluding carboxylic acids is 2. The largest absolute Gasteiger partial charge is 0.497 e. The van der Waals surface area contributed by atoms with Gasteiger partial charge in [0.05, 0.1) is 13.4 Å². The van der Waals surface area contributed by atoms with Crippen molar-refractivity contribution in [3.63, 3.8) is 0 Å². The van der Waals surface area contributed by atoms with Gasteiger partial charge in [0.2, 0.25) is 5.91 Å². The van der Waals surface area contributed by atoms with Crippen LogP contribution in [0.25, 0.3) is 0 Å². The van der Waals surface area contributed by atoms with E-state index in [0.29, 0.717) is 22.7 Å². The Hall–Kier alpha value is -3.61. The molecule has 0 unspecified atom stereocenters. The summed E-state index contributed by atoms with van der Waals surface area (Å²) in [7, 11) is 1.57. The number of imidazole rings is 1. The van der Waals surface area contributed by atoms with Gasteiger partial charge in [0, 0.05) is 35.4 Å². The Balaban J connectivity index is 1.66. The van der Waals surface area contributed by atoms with Crippen LogP contribution in [0.5, 0.6) is 5.75 Å². The minimum atomic E-state index is -0.274. The van der Waals surface area contributed by atoms with E-state index in [0.717, 1.165) is 0 Å². The van der Waals surface area contributed by atoms with Crippen LogP contribution in [-0.4, -0.2) is 28.5 Å². The molecular weight excluding hydrogens is 332 g/mol. The second-order valence-corrected chi connectivity index (χ2v) is 5.55. The van der Waals surface area contributed by atoms with E-state index in [1.807, 2.05) is 0 Å². The van der Waals surface area contributed by atoms with E-state index in [9.17, 15) is 9.59 Å². The van der Waals surface area contributed by atoms with Gasteiger partial charge in [-0.15, -0.1) is 0 Å². The van der Waals surface area contributed by atoms with Crippen LogP contribution in [0.15, 0.2) is 67.3 Å². The van der Waals surface area contributed by atoms with Gasteiger partial charge in [0.15, 0.2) is 0 Å². The third-order valence-electron chi connectivity index (χ3n) is 3.62. The van der Waals surface area contributed by atoms with Crippen molar-refractivity contribution >= 4 is 23.2 Å². The third kappa shape index (κ3) is 4.47. The van der Waals surface area contributed by atoms with Crippen LogP contribution < -0.4 is 15.4 Å². The van der Waals surface area contributed by atoms with E-state index in [4.69, 9.17) is 4.74 Å². The van der Waals surface area contributed by atoms with Crippen LogP contribution in [0.2, 0.25) is 0 Å². The molecule has 0 aliphatic rings. The highest BCUT2D eigenvalue weighted by molar-refractivity contribution is 6.05. The molecule has 2 amide bonds. The maximum absolute atomic E-state index is 12.4. The zero-order valence-electron chi connectivity index (χ0n) is 14.2. The second-order valence-electron chi connectivity index (χ2n) is 5.55. The molecule has 0 atom stereocenters. The van der Waals surface area contributed by atoms with Crippen molar-refractivity contribution in [3.05, 3.63) is 72.8 Å². The van der Waals surface area contributed by atoms with Crippen molar-refractivity contribution < 1.29 is 14.3 Å². The van der Waals surface area contributed by atoms with E-state index in [1.54, 1.807) is 78.9 Å². The van der Waals surface area contributed by atoms with E-state index in [-0.39, 0.29) is 18.4 Å². The lowest BCUT2D eigenvalue weighted by Crippen LogP contribution is -2.18. The molecule has 0 aliphatic heterocycles. The Morgan fingerprint density at radius 2 is 1.85 bits per heavy atom. The quantitative estimate of drug-likeness (QED) is 0.716. The maximum Gasteiger partial charge on any atom is 0.255 e. The highest BCUT2D eigenvalue weighted by atomic mass is 16.5. The summed E-state index contributed by atoms with van der Waals surface area (Å²) < 4.78 is 6.80. The first-order valence-corrected chi connectivity index (χ1v) is 7.95. The SMILES string of the molecule is COc1cccc(NC(=O)c2cccc(NC(=O)Cn3ccnc3)c2)c1. The average Bonchev–Trinajstić information content (AvgIpc) is 3.15. The summed E-state index contributed by atoms with van der Waals surface area (Å²) in [6.07, 6.45) is 4.88. The molecule has 0 saturated heterocycles. The number of aromatic nitrogens is 2. The number of nitrogens with zero attached hydrogens (tertiary/aromatic N) is 2. The number of ether oxygens (including phenoxy) is 1. The van der Waals surface area contributed by atoms with Gasteiger partial charge < -0.3 is 19.9 Å². The van der Waals surface area contributed by atoms with Crippen molar-refractivity contribution in [2.24, 2.45) is 0 Å². The first kappa shape index (κ1) is 17.2. The molecule has 0 fully saturated rings. The Kier molecular flexibility index (Phi) is 5.28. The van der Waals surface area contributed by atoms with Crippen molar-refractivity contribution in [1.29, 1.82) is 0 Å². The number of carbonyl (C=O) groups is 2. The van der Waals surface area contributed by atoms with Gasteiger partial charge in [-0.2, -0.15) is 0 Å². The van der Waals surface area contributed by atoms with Crippen LogP contribution in [0.4, 0.5) is 11.4 Å². The Labute approximate surface area is 150 Å². The molecule has 0 bridgehead atoms. The monoisotopic (exact) mass is 350 g/mol. The highest BCUT2D eigenvalue weighted by Gasteiger charge is 2.09. The molecule has 0 spiro atoms. The summed E-state index contributed by atoms with van der Waals surface area (Å²) in [5.74, 6) is 0.181. The van der Waals surface area contributed by atoms with Gasteiger partial charge in [-0.3, -0.25) is 9.59 Å². The molecule has 0 saturated carbocycles. The normalized spacial score (nSPS) is 10.2. The molecule has 26 heavy (non-hydrogen) atoms. The topological polar surface area (TPSA) is 85.3 Å². The summed E-state index contributed by atoms with van der Waals surface area (Å²) in [5, 5.41) is 5.58. The van der Waals surface area contributed by atoms with Crippen LogP contribution in [0.1, 0.15) is 10.4 Å². The predicted molar refractivity (Wildman–Crippen MR) is 98.2 cm³/mol. The summed E-state index contributed by atoms with van der Waals surface area (Å²) in [5.41, 5.74) is 1.62. The molecule has 132 valence electrons. The van der Waals surface area contributed by atoms with Gasteiger partial charge >= 0.3 is 0 Å². The zero-order chi connectivity index (χ0) is 18.4. The highest BCUT2D eigenvalue weighted by Crippen LogP contribution is 2.18. The number of anilines is 2. The molecule has 0 aliphatic carbocycles. The van der Waals surface area contributed by atoms with Gasteiger partial charge in [-0.25, -0.2) is 4.98 Å². The van der Waals surface area contributed by atoms with Crippen molar-refractivity contribution in [3.8, 4) is 5.75 Å². The summed E-state index contributed by atoms with van der Waals surface area (Å²) in [6, 6.07) is 13.9. The molecule has 7 nitrogen and oxygen atoms in total. The van der Waals surface area contributed by atoms with Crippen LogP contribution in [0, 0.1) is 0 Å². The van der Waals surface area contributed by atoms with Gasteiger partial charge in [0.1, 0.15) is 12.3 Å². The van der Waals surface area contributed by atoms with Crippen LogP contribution in [0.3, 0.4) is 0 Å².